The molecule has 4 aromatic rings. The van der Waals surface area contributed by atoms with E-state index in [0.717, 1.165) is 5.56 Å². The standard InChI is InChI=1S/C22H15Cl2FN4O/c1-13-2-8-16(9-3-13)26-22(30)20-27-21(14-4-6-15(25)7-5-14)29(28-20)17-10-11-18(23)19(24)12-17/h2-12H,1H3,(H,26,30). The highest BCUT2D eigenvalue weighted by Crippen LogP contribution is 2.27. The largest absolute Gasteiger partial charge is 0.319 e. The smallest absolute Gasteiger partial charge is 0.295 e. The lowest BCUT2D eigenvalue weighted by Gasteiger charge is -2.07. The molecule has 0 saturated carbocycles. The number of amides is 1. The molecule has 30 heavy (non-hydrogen) atoms. The average molecular weight is 441 g/mol. The molecule has 0 fully saturated rings. The summed E-state index contributed by atoms with van der Waals surface area (Å²) in [6.07, 6.45) is 0. The molecule has 0 aliphatic carbocycles. The number of aryl methyl sites for hydroxylation is 1. The van der Waals surface area contributed by atoms with E-state index < -0.39 is 5.91 Å². The van der Waals surface area contributed by atoms with Crippen molar-refractivity contribution >= 4 is 34.8 Å². The number of hydrogen-bond donors (Lipinski definition) is 1. The molecule has 1 N–H and O–H groups in total. The minimum absolute atomic E-state index is 0.0408. The molecule has 1 aromatic heterocycles. The third-order valence-electron chi connectivity index (χ3n) is 4.37. The van der Waals surface area contributed by atoms with Crippen LogP contribution in [-0.4, -0.2) is 20.7 Å². The molecular weight excluding hydrogens is 426 g/mol. The molecule has 0 aliphatic rings. The molecule has 0 radical (unpaired) electrons. The summed E-state index contributed by atoms with van der Waals surface area (Å²) in [5, 5.41) is 7.86. The number of nitrogens with one attached hydrogen (secondary N) is 1. The van der Waals surface area contributed by atoms with Gasteiger partial charge in [0.25, 0.3) is 5.91 Å². The highest BCUT2D eigenvalue weighted by molar-refractivity contribution is 6.42. The quantitative estimate of drug-likeness (QED) is 0.426. The molecule has 0 spiro atoms. The summed E-state index contributed by atoms with van der Waals surface area (Å²) < 4.78 is 14.9. The summed E-state index contributed by atoms with van der Waals surface area (Å²) in [7, 11) is 0. The molecule has 0 aliphatic heterocycles. The molecule has 4 rings (SSSR count). The first-order valence-corrected chi connectivity index (χ1v) is 9.73. The predicted octanol–water partition coefficient (Wildman–Crippen LogP) is 5.94. The van der Waals surface area contributed by atoms with Gasteiger partial charge in [-0.05, 0) is 61.5 Å². The van der Waals surface area contributed by atoms with E-state index >= 15 is 0 Å². The average Bonchev–Trinajstić information content (AvgIpc) is 3.18. The van der Waals surface area contributed by atoms with Gasteiger partial charge in [0, 0.05) is 11.3 Å². The van der Waals surface area contributed by atoms with Crippen molar-refractivity contribution in [2.45, 2.75) is 6.92 Å². The van der Waals surface area contributed by atoms with E-state index in [1.165, 1.54) is 16.8 Å². The Balaban J connectivity index is 1.76. The Morgan fingerprint density at radius 1 is 0.967 bits per heavy atom. The number of carbonyl (C=O) groups excluding carboxylic acids is 1. The number of benzene rings is 3. The minimum Gasteiger partial charge on any atom is -0.319 e. The fourth-order valence-electron chi connectivity index (χ4n) is 2.81. The van der Waals surface area contributed by atoms with Gasteiger partial charge in [-0.3, -0.25) is 4.79 Å². The fraction of sp³-hybridized carbons (Fsp3) is 0.0455. The zero-order chi connectivity index (χ0) is 21.3. The zero-order valence-corrected chi connectivity index (χ0v) is 17.2. The number of carbonyl (C=O) groups is 1. The van der Waals surface area contributed by atoms with Crippen molar-refractivity contribution in [2.24, 2.45) is 0 Å². The topological polar surface area (TPSA) is 59.8 Å². The molecule has 0 bridgehead atoms. The summed E-state index contributed by atoms with van der Waals surface area (Å²) in [4.78, 5) is 17.1. The summed E-state index contributed by atoms with van der Waals surface area (Å²) in [5.41, 5.74) is 2.85. The summed E-state index contributed by atoms with van der Waals surface area (Å²) in [5.74, 6) is -0.527. The first-order chi connectivity index (χ1) is 14.4. The number of anilines is 1. The lowest BCUT2D eigenvalue weighted by atomic mass is 10.2. The predicted molar refractivity (Wildman–Crippen MR) is 116 cm³/mol. The van der Waals surface area contributed by atoms with Crippen LogP contribution >= 0.6 is 23.2 Å². The summed E-state index contributed by atoms with van der Waals surface area (Å²) in [6.45, 7) is 1.96. The third kappa shape index (κ3) is 4.20. The monoisotopic (exact) mass is 440 g/mol. The normalized spacial score (nSPS) is 10.8. The van der Waals surface area contributed by atoms with Gasteiger partial charge < -0.3 is 5.32 Å². The van der Waals surface area contributed by atoms with E-state index in [1.54, 1.807) is 42.5 Å². The highest BCUT2D eigenvalue weighted by Gasteiger charge is 2.19. The van der Waals surface area contributed by atoms with Gasteiger partial charge in [0.2, 0.25) is 5.82 Å². The number of nitrogens with zero attached hydrogens (tertiary/aromatic N) is 3. The van der Waals surface area contributed by atoms with Gasteiger partial charge in [-0.25, -0.2) is 14.1 Å². The molecule has 1 heterocycles. The van der Waals surface area contributed by atoms with Crippen LogP contribution in [0.3, 0.4) is 0 Å². The van der Waals surface area contributed by atoms with E-state index in [2.05, 4.69) is 15.4 Å². The van der Waals surface area contributed by atoms with Crippen LogP contribution in [0.15, 0.2) is 66.7 Å². The van der Waals surface area contributed by atoms with Crippen LogP contribution in [0.4, 0.5) is 10.1 Å². The van der Waals surface area contributed by atoms with Crippen LogP contribution in [0.5, 0.6) is 0 Å². The minimum atomic E-state index is -0.471. The molecule has 0 atom stereocenters. The van der Waals surface area contributed by atoms with Gasteiger partial charge in [0.05, 0.1) is 15.7 Å². The maximum atomic E-state index is 13.4. The van der Waals surface area contributed by atoms with Crippen LogP contribution in [0, 0.1) is 12.7 Å². The number of rotatable bonds is 4. The third-order valence-corrected chi connectivity index (χ3v) is 5.11. The Morgan fingerprint density at radius 3 is 2.33 bits per heavy atom. The first-order valence-electron chi connectivity index (χ1n) is 8.97. The van der Waals surface area contributed by atoms with Crippen molar-refractivity contribution in [2.75, 3.05) is 5.32 Å². The van der Waals surface area contributed by atoms with Gasteiger partial charge >= 0.3 is 0 Å². The molecule has 0 unspecified atom stereocenters. The maximum absolute atomic E-state index is 13.4. The van der Waals surface area contributed by atoms with Gasteiger partial charge in [-0.1, -0.05) is 40.9 Å². The Labute approximate surface area is 182 Å². The highest BCUT2D eigenvalue weighted by atomic mass is 35.5. The van der Waals surface area contributed by atoms with Crippen LogP contribution in [0.1, 0.15) is 16.2 Å². The maximum Gasteiger partial charge on any atom is 0.295 e. The van der Waals surface area contributed by atoms with Crippen molar-refractivity contribution in [3.8, 4) is 17.1 Å². The number of hydrogen-bond acceptors (Lipinski definition) is 3. The van der Waals surface area contributed by atoms with Crippen LogP contribution < -0.4 is 5.32 Å². The lowest BCUT2D eigenvalue weighted by molar-refractivity contribution is 0.101. The summed E-state index contributed by atoms with van der Waals surface area (Å²) in [6, 6.07) is 18.1. The molecule has 150 valence electrons. The van der Waals surface area contributed by atoms with E-state index in [4.69, 9.17) is 23.2 Å². The molecule has 8 heteroatoms. The Bertz CT molecular complexity index is 1220. The van der Waals surface area contributed by atoms with Crippen LogP contribution in [0.25, 0.3) is 17.1 Å². The molecular formula is C22H15Cl2FN4O. The van der Waals surface area contributed by atoms with Gasteiger partial charge in [0.15, 0.2) is 5.82 Å². The van der Waals surface area contributed by atoms with Crippen LogP contribution in [-0.2, 0) is 0 Å². The summed E-state index contributed by atoms with van der Waals surface area (Å²) >= 11 is 12.2. The first kappa shape index (κ1) is 20.1. The van der Waals surface area contributed by atoms with Crippen LogP contribution in [0.2, 0.25) is 10.0 Å². The van der Waals surface area contributed by atoms with Crippen molar-refractivity contribution in [1.29, 1.82) is 0 Å². The van der Waals surface area contributed by atoms with Gasteiger partial charge in [0.1, 0.15) is 5.82 Å². The van der Waals surface area contributed by atoms with E-state index in [9.17, 15) is 9.18 Å². The Hall–Kier alpha value is -3.22. The van der Waals surface area contributed by atoms with Crippen molar-refractivity contribution < 1.29 is 9.18 Å². The van der Waals surface area contributed by atoms with E-state index in [1.807, 2.05) is 19.1 Å². The fourth-order valence-corrected chi connectivity index (χ4v) is 3.11. The second-order valence-corrected chi connectivity index (χ2v) is 7.41. The molecule has 1 amide bonds. The second kappa shape index (κ2) is 8.26. The molecule has 0 saturated heterocycles. The second-order valence-electron chi connectivity index (χ2n) is 6.60. The van der Waals surface area contributed by atoms with Crippen molar-refractivity contribution in [1.82, 2.24) is 14.8 Å². The van der Waals surface area contributed by atoms with E-state index in [-0.39, 0.29) is 11.6 Å². The SMILES string of the molecule is Cc1ccc(NC(=O)c2nc(-c3ccc(F)cc3)n(-c3ccc(Cl)c(Cl)c3)n2)cc1. The lowest BCUT2D eigenvalue weighted by Crippen LogP contribution is -2.14. The number of halogens is 3. The van der Waals surface area contributed by atoms with Gasteiger partial charge in [-0.2, -0.15) is 0 Å². The van der Waals surface area contributed by atoms with Gasteiger partial charge in [-0.15, -0.1) is 5.10 Å². The Kier molecular flexibility index (Phi) is 5.53. The zero-order valence-electron chi connectivity index (χ0n) is 15.7. The number of aromatic nitrogens is 3. The van der Waals surface area contributed by atoms with Crippen molar-refractivity contribution in [3.05, 3.63) is 94.0 Å². The molecule has 5 nitrogen and oxygen atoms in total. The van der Waals surface area contributed by atoms with Crippen molar-refractivity contribution in [3.63, 3.8) is 0 Å². The molecule has 3 aromatic carbocycles. The van der Waals surface area contributed by atoms with E-state index in [0.29, 0.717) is 32.8 Å². The Morgan fingerprint density at radius 2 is 1.67 bits per heavy atom.